The Bertz CT molecular complexity index is 1110. The van der Waals surface area contributed by atoms with Gasteiger partial charge in [-0.15, -0.1) is 0 Å². The Morgan fingerprint density at radius 1 is 0.929 bits per heavy atom. The van der Waals surface area contributed by atoms with Crippen molar-refractivity contribution in [2.24, 2.45) is 17.6 Å². The number of carbonyl (C=O) groups excluding carboxylic acids is 3. The van der Waals surface area contributed by atoms with Gasteiger partial charge in [-0.25, -0.2) is 0 Å². The molecule has 0 aromatic heterocycles. The van der Waals surface area contributed by atoms with Crippen LogP contribution in [-0.2, 0) is 11.2 Å². The molecule has 0 unspecified atom stereocenters. The van der Waals surface area contributed by atoms with Crippen LogP contribution in [0.15, 0.2) is 48.5 Å². The number of amides is 3. The van der Waals surface area contributed by atoms with Gasteiger partial charge in [-0.05, 0) is 67.5 Å². The van der Waals surface area contributed by atoms with Crippen LogP contribution in [0, 0.1) is 11.8 Å². The van der Waals surface area contributed by atoms with E-state index in [0.717, 1.165) is 37.0 Å². The molecule has 2 aromatic rings. The van der Waals surface area contributed by atoms with Gasteiger partial charge in [-0.3, -0.25) is 14.4 Å². The fourth-order valence-corrected chi connectivity index (χ4v) is 5.08. The molecule has 4 N–H and O–H groups in total. The standard InChI is InChI=1S/C34H52N4O4/c1-7-18-38(19-8-2)34(41)28-13-11-12-27(22-28)33(40)37-31(21-26-14-16-29(42-6)17-15-26)30(35)20-24(5)32(39)36-23-25(9-3)10-4/h11-17,22,24-25,30-31H,7-10,18-21,23,35H2,1-6H3,(H,36,39)(H,37,40)/t24-,30+,31+/m1/s1. The normalized spacial score (nSPS) is 13.2. The van der Waals surface area contributed by atoms with Crippen LogP contribution in [0.4, 0.5) is 0 Å². The van der Waals surface area contributed by atoms with Crippen molar-refractivity contribution >= 4 is 17.7 Å². The highest BCUT2D eigenvalue weighted by molar-refractivity contribution is 5.99. The summed E-state index contributed by atoms with van der Waals surface area (Å²) in [4.78, 5) is 41.4. The molecule has 0 saturated heterocycles. The fraction of sp³-hybridized carbons (Fsp3) is 0.559. The fourth-order valence-electron chi connectivity index (χ4n) is 5.08. The van der Waals surface area contributed by atoms with Crippen LogP contribution in [0.3, 0.4) is 0 Å². The minimum absolute atomic E-state index is 0.0261. The van der Waals surface area contributed by atoms with E-state index < -0.39 is 12.1 Å². The Balaban J connectivity index is 2.22. The van der Waals surface area contributed by atoms with Crippen LogP contribution in [-0.4, -0.2) is 61.4 Å². The summed E-state index contributed by atoms with van der Waals surface area (Å²) in [5, 5.41) is 6.19. The first-order chi connectivity index (χ1) is 20.2. The molecule has 0 heterocycles. The molecule has 0 bridgehead atoms. The topological polar surface area (TPSA) is 114 Å². The number of carbonyl (C=O) groups is 3. The van der Waals surface area contributed by atoms with Crippen LogP contribution >= 0.6 is 0 Å². The lowest BCUT2D eigenvalue weighted by atomic mass is 9.91. The van der Waals surface area contributed by atoms with E-state index in [9.17, 15) is 14.4 Å². The predicted molar refractivity (Wildman–Crippen MR) is 170 cm³/mol. The van der Waals surface area contributed by atoms with Crippen molar-refractivity contribution in [3.63, 3.8) is 0 Å². The highest BCUT2D eigenvalue weighted by atomic mass is 16.5. The van der Waals surface area contributed by atoms with Crippen LogP contribution < -0.4 is 21.1 Å². The summed E-state index contributed by atoms with van der Waals surface area (Å²) in [5.74, 6) is 0.481. The molecular weight excluding hydrogens is 528 g/mol. The third-order valence-electron chi connectivity index (χ3n) is 7.89. The van der Waals surface area contributed by atoms with Crippen LogP contribution in [0.2, 0.25) is 0 Å². The van der Waals surface area contributed by atoms with Crippen LogP contribution in [0.25, 0.3) is 0 Å². The van der Waals surface area contributed by atoms with Gasteiger partial charge >= 0.3 is 0 Å². The molecule has 42 heavy (non-hydrogen) atoms. The zero-order chi connectivity index (χ0) is 31.1. The van der Waals surface area contributed by atoms with Gasteiger partial charge in [0.15, 0.2) is 0 Å². The Morgan fingerprint density at radius 3 is 2.12 bits per heavy atom. The number of methoxy groups -OCH3 is 1. The summed E-state index contributed by atoms with van der Waals surface area (Å²) < 4.78 is 5.29. The van der Waals surface area contributed by atoms with Crippen molar-refractivity contribution in [2.75, 3.05) is 26.7 Å². The molecule has 8 nitrogen and oxygen atoms in total. The first kappa shape index (κ1) is 34.8. The maximum absolute atomic E-state index is 13.5. The molecule has 0 aliphatic rings. The van der Waals surface area contributed by atoms with Gasteiger partial charge in [0.2, 0.25) is 5.91 Å². The molecule has 0 fully saturated rings. The Morgan fingerprint density at radius 2 is 1.55 bits per heavy atom. The third-order valence-corrected chi connectivity index (χ3v) is 7.89. The number of hydrogen-bond donors (Lipinski definition) is 3. The van der Waals surface area contributed by atoms with E-state index in [-0.39, 0.29) is 23.6 Å². The van der Waals surface area contributed by atoms with Gasteiger partial charge < -0.3 is 26.0 Å². The van der Waals surface area contributed by atoms with E-state index >= 15 is 0 Å². The van der Waals surface area contributed by atoms with Crippen molar-refractivity contribution in [3.8, 4) is 5.75 Å². The summed E-state index contributed by atoms with van der Waals surface area (Å²) in [6, 6.07) is 13.6. The van der Waals surface area contributed by atoms with E-state index in [1.54, 1.807) is 31.4 Å². The van der Waals surface area contributed by atoms with Gasteiger partial charge in [-0.1, -0.05) is 65.7 Å². The number of benzene rings is 2. The molecule has 0 saturated carbocycles. The lowest BCUT2D eigenvalue weighted by Crippen LogP contribution is -2.50. The summed E-state index contributed by atoms with van der Waals surface area (Å²) >= 11 is 0. The van der Waals surface area contributed by atoms with Crippen molar-refractivity contribution in [1.29, 1.82) is 0 Å². The van der Waals surface area contributed by atoms with Crippen LogP contribution in [0.1, 0.15) is 93.0 Å². The second kappa shape index (κ2) is 18.2. The summed E-state index contributed by atoms with van der Waals surface area (Å²) in [5.41, 5.74) is 8.58. The Kier molecular flexibility index (Phi) is 15.1. The zero-order valence-corrected chi connectivity index (χ0v) is 26.4. The van der Waals surface area contributed by atoms with Crippen molar-refractivity contribution in [3.05, 3.63) is 65.2 Å². The van der Waals surface area contributed by atoms with E-state index in [0.29, 0.717) is 49.5 Å². The first-order valence-corrected chi connectivity index (χ1v) is 15.5. The third kappa shape index (κ3) is 10.8. The number of ether oxygens (including phenoxy) is 1. The predicted octanol–water partition coefficient (Wildman–Crippen LogP) is 5.20. The van der Waals surface area contributed by atoms with E-state index in [4.69, 9.17) is 10.5 Å². The smallest absolute Gasteiger partial charge is 0.253 e. The van der Waals surface area contributed by atoms with Crippen molar-refractivity contribution < 1.29 is 19.1 Å². The lowest BCUT2D eigenvalue weighted by molar-refractivity contribution is -0.125. The average Bonchev–Trinajstić information content (AvgIpc) is 3.00. The average molecular weight is 581 g/mol. The minimum Gasteiger partial charge on any atom is -0.497 e. The van der Waals surface area contributed by atoms with Crippen molar-refractivity contribution in [1.82, 2.24) is 15.5 Å². The lowest BCUT2D eigenvalue weighted by Gasteiger charge is -2.28. The van der Waals surface area contributed by atoms with Crippen molar-refractivity contribution in [2.45, 2.75) is 85.2 Å². The maximum Gasteiger partial charge on any atom is 0.253 e. The molecular formula is C34H52N4O4. The Hall–Kier alpha value is -3.39. The molecule has 2 aromatic carbocycles. The minimum atomic E-state index is -0.473. The summed E-state index contributed by atoms with van der Waals surface area (Å²) in [6.45, 7) is 12.2. The van der Waals surface area contributed by atoms with Gasteiger partial charge in [0, 0.05) is 48.8 Å². The number of hydrogen-bond acceptors (Lipinski definition) is 5. The molecule has 0 spiro atoms. The molecule has 0 radical (unpaired) electrons. The summed E-state index contributed by atoms with van der Waals surface area (Å²) in [6.07, 6.45) is 4.66. The molecule has 3 amide bonds. The quantitative estimate of drug-likeness (QED) is 0.224. The van der Waals surface area contributed by atoms with E-state index in [1.165, 1.54) is 0 Å². The van der Waals surface area contributed by atoms with E-state index in [1.807, 2.05) is 49.9 Å². The van der Waals surface area contributed by atoms with Crippen LogP contribution in [0.5, 0.6) is 5.75 Å². The second-order valence-electron chi connectivity index (χ2n) is 11.2. The van der Waals surface area contributed by atoms with E-state index in [2.05, 4.69) is 24.5 Å². The van der Waals surface area contributed by atoms with Gasteiger partial charge in [0.05, 0.1) is 7.11 Å². The van der Waals surface area contributed by atoms with Gasteiger partial charge in [0.25, 0.3) is 11.8 Å². The summed E-state index contributed by atoms with van der Waals surface area (Å²) in [7, 11) is 1.62. The Labute approximate surface area is 252 Å². The zero-order valence-electron chi connectivity index (χ0n) is 26.4. The first-order valence-electron chi connectivity index (χ1n) is 15.5. The number of nitrogens with zero attached hydrogens (tertiary/aromatic N) is 1. The number of nitrogens with one attached hydrogen (secondary N) is 2. The molecule has 3 atom stereocenters. The number of rotatable bonds is 18. The largest absolute Gasteiger partial charge is 0.497 e. The van der Waals surface area contributed by atoms with Gasteiger partial charge in [-0.2, -0.15) is 0 Å². The SMILES string of the molecule is CCCN(CCC)C(=O)c1cccc(C(=O)N[C@@H](Cc2ccc(OC)cc2)[C@@H](N)C[C@@H](C)C(=O)NCC(CC)CC)c1. The number of nitrogens with two attached hydrogens (primary N) is 1. The second-order valence-corrected chi connectivity index (χ2v) is 11.2. The molecule has 0 aliphatic heterocycles. The van der Waals surface area contributed by atoms with Gasteiger partial charge in [0.1, 0.15) is 5.75 Å². The maximum atomic E-state index is 13.5. The molecule has 8 heteroatoms. The monoisotopic (exact) mass is 580 g/mol. The highest BCUT2D eigenvalue weighted by Crippen LogP contribution is 2.17. The molecule has 2 rings (SSSR count). The molecule has 0 aliphatic carbocycles. The highest BCUT2D eigenvalue weighted by Gasteiger charge is 2.26. The molecule has 232 valence electrons.